The summed E-state index contributed by atoms with van der Waals surface area (Å²) in [7, 11) is 0. The molecule has 28 heavy (non-hydrogen) atoms. The Kier molecular flexibility index (Phi) is 10.5. The maximum absolute atomic E-state index is 5.56. The molecule has 0 aromatic carbocycles. The first kappa shape index (κ1) is 23.4. The predicted octanol–water partition coefficient (Wildman–Crippen LogP) is 1.40. The fourth-order valence-corrected chi connectivity index (χ4v) is 4.13. The van der Waals surface area contributed by atoms with Gasteiger partial charge in [-0.3, -0.25) is 14.8 Å². The van der Waals surface area contributed by atoms with Gasteiger partial charge in [-0.2, -0.15) is 0 Å². The Balaban J connectivity index is 1.90. The van der Waals surface area contributed by atoms with Crippen LogP contribution in [0.4, 0.5) is 0 Å². The Morgan fingerprint density at radius 2 is 1.79 bits per heavy atom. The molecule has 7 nitrogen and oxygen atoms in total. The van der Waals surface area contributed by atoms with Crippen LogP contribution in [0.25, 0.3) is 0 Å². The molecule has 0 aromatic rings. The highest BCUT2D eigenvalue weighted by Crippen LogP contribution is 2.13. The lowest BCUT2D eigenvalue weighted by atomic mass is 10.0. The highest BCUT2D eigenvalue weighted by atomic mass is 16.5. The van der Waals surface area contributed by atoms with E-state index in [1.807, 2.05) is 0 Å². The number of nitrogens with one attached hydrogen (secondary N) is 2. The molecule has 2 aliphatic heterocycles. The average Bonchev–Trinajstić information content (AvgIpc) is 2.69. The zero-order valence-corrected chi connectivity index (χ0v) is 18.7. The molecular weight excluding hydrogens is 354 g/mol. The van der Waals surface area contributed by atoms with Crippen molar-refractivity contribution in [1.82, 2.24) is 20.4 Å². The van der Waals surface area contributed by atoms with Gasteiger partial charge in [0.15, 0.2) is 5.96 Å². The van der Waals surface area contributed by atoms with Crippen LogP contribution in [0.2, 0.25) is 0 Å². The molecule has 2 rings (SSSR count). The molecule has 0 aliphatic carbocycles. The normalized spacial score (nSPS) is 24.9. The molecule has 0 bridgehead atoms. The first-order valence-electron chi connectivity index (χ1n) is 11.2. The zero-order chi connectivity index (χ0) is 20.4. The summed E-state index contributed by atoms with van der Waals surface area (Å²) in [5.74, 6) is 1.61. The second kappa shape index (κ2) is 12.6. The molecular formula is C21H43N5O2. The maximum atomic E-state index is 5.56. The van der Waals surface area contributed by atoms with Gasteiger partial charge in [0.05, 0.1) is 33.0 Å². The number of nitrogens with zero attached hydrogens (tertiary/aromatic N) is 3. The van der Waals surface area contributed by atoms with Gasteiger partial charge in [-0.05, 0) is 33.1 Å². The van der Waals surface area contributed by atoms with Crippen LogP contribution in [0.15, 0.2) is 4.99 Å². The second-order valence-electron chi connectivity index (χ2n) is 8.54. The first-order chi connectivity index (χ1) is 13.5. The molecule has 2 aliphatic rings. The average molecular weight is 398 g/mol. The summed E-state index contributed by atoms with van der Waals surface area (Å²) in [6, 6.07) is 1.40. The molecule has 164 valence electrons. The van der Waals surface area contributed by atoms with Crippen molar-refractivity contribution >= 4 is 5.96 Å². The summed E-state index contributed by atoms with van der Waals surface area (Å²) in [4.78, 5) is 9.96. The molecule has 0 spiro atoms. The lowest BCUT2D eigenvalue weighted by molar-refractivity contribution is -0.0166. The van der Waals surface area contributed by atoms with Gasteiger partial charge in [-0.15, -0.1) is 0 Å². The Labute approximate surface area is 172 Å². The molecule has 2 fully saturated rings. The minimum absolute atomic E-state index is 0.417. The van der Waals surface area contributed by atoms with Crippen molar-refractivity contribution in [3.8, 4) is 0 Å². The standard InChI is InChI=1S/C21H43N5O2/c1-6-22-21(23-14-18(4)26-9-12-28-16-19(26)5)24-15-20(13-17(2)3)25-7-10-27-11-8-25/h17-20H,6-16H2,1-5H3,(H2,22,23,24). The van der Waals surface area contributed by atoms with Crippen molar-refractivity contribution < 1.29 is 9.47 Å². The lowest BCUT2D eigenvalue weighted by Gasteiger charge is -2.37. The molecule has 3 unspecified atom stereocenters. The fourth-order valence-electron chi connectivity index (χ4n) is 4.13. The summed E-state index contributed by atoms with van der Waals surface area (Å²) >= 11 is 0. The summed E-state index contributed by atoms with van der Waals surface area (Å²) in [6.45, 7) is 20.2. The number of aliphatic imine (C=N–C) groups is 1. The largest absolute Gasteiger partial charge is 0.379 e. The van der Waals surface area contributed by atoms with Crippen LogP contribution < -0.4 is 10.6 Å². The molecule has 2 saturated heterocycles. The number of ether oxygens (including phenoxy) is 2. The lowest BCUT2D eigenvalue weighted by Crippen LogP contribution is -2.51. The highest BCUT2D eigenvalue weighted by Gasteiger charge is 2.24. The van der Waals surface area contributed by atoms with Crippen LogP contribution in [0, 0.1) is 5.92 Å². The van der Waals surface area contributed by atoms with E-state index in [9.17, 15) is 0 Å². The van der Waals surface area contributed by atoms with E-state index in [1.165, 1.54) is 6.42 Å². The Hall–Kier alpha value is -0.890. The summed E-state index contributed by atoms with van der Waals surface area (Å²) in [5, 5.41) is 7.02. The number of morpholine rings is 2. The van der Waals surface area contributed by atoms with Crippen molar-refractivity contribution in [2.45, 2.75) is 59.2 Å². The van der Waals surface area contributed by atoms with E-state index in [2.05, 4.69) is 55.1 Å². The van der Waals surface area contributed by atoms with Gasteiger partial charge in [-0.1, -0.05) is 13.8 Å². The highest BCUT2D eigenvalue weighted by molar-refractivity contribution is 5.79. The molecule has 2 N–H and O–H groups in total. The number of guanidine groups is 1. The third-order valence-corrected chi connectivity index (χ3v) is 5.65. The van der Waals surface area contributed by atoms with Gasteiger partial charge >= 0.3 is 0 Å². The van der Waals surface area contributed by atoms with Crippen LogP contribution in [-0.2, 0) is 9.47 Å². The molecule has 0 radical (unpaired) electrons. The SMILES string of the molecule is CCNC(=NCC(C)N1CCOCC1C)NCC(CC(C)C)N1CCOCC1. The van der Waals surface area contributed by atoms with Gasteiger partial charge in [-0.25, -0.2) is 0 Å². The van der Waals surface area contributed by atoms with Crippen LogP contribution in [0.3, 0.4) is 0 Å². The molecule has 0 aromatic heterocycles. The topological polar surface area (TPSA) is 61.4 Å². The minimum Gasteiger partial charge on any atom is -0.379 e. The second-order valence-corrected chi connectivity index (χ2v) is 8.54. The first-order valence-corrected chi connectivity index (χ1v) is 11.2. The Morgan fingerprint density at radius 1 is 1.07 bits per heavy atom. The van der Waals surface area contributed by atoms with Crippen molar-refractivity contribution in [3.05, 3.63) is 0 Å². The number of hydrogen-bond donors (Lipinski definition) is 2. The van der Waals surface area contributed by atoms with Gasteiger partial charge < -0.3 is 20.1 Å². The Bertz CT molecular complexity index is 454. The summed E-state index contributed by atoms with van der Waals surface area (Å²) in [5.41, 5.74) is 0. The fraction of sp³-hybridized carbons (Fsp3) is 0.952. The van der Waals surface area contributed by atoms with E-state index in [1.54, 1.807) is 0 Å². The van der Waals surface area contributed by atoms with Gasteiger partial charge in [0.1, 0.15) is 0 Å². The number of hydrogen-bond acceptors (Lipinski definition) is 5. The Morgan fingerprint density at radius 3 is 2.43 bits per heavy atom. The minimum atomic E-state index is 0.417. The van der Waals surface area contributed by atoms with E-state index in [0.717, 1.165) is 71.7 Å². The van der Waals surface area contributed by atoms with Gasteiger partial charge in [0.25, 0.3) is 0 Å². The van der Waals surface area contributed by atoms with E-state index >= 15 is 0 Å². The number of rotatable bonds is 9. The van der Waals surface area contributed by atoms with Crippen molar-refractivity contribution in [3.63, 3.8) is 0 Å². The van der Waals surface area contributed by atoms with E-state index in [4.69, 9.17) is 14.5 Å². The summed E-state index contributed by atoms with van der Waals surface area (Å²) < 4.78 is 11.1. The van der Waals surface area contributed by atoms with E-state index < -0.39 is 0 Å². The maximum Gasteiger partial charge on any atom is 0.191 e. The van der Waals surface area contributed by atoms with Gasteiger partial charge in [0.2, 0.25) is 0 Å². The molecule has 0 saturated carbocycles. The van der Waals surface area contributed by atoms with Crippen molar-refractivity contribution in [2.24, 2.45) is 10.9 Å². The van der Waals surface area contributed by atoms with Crippen molar-refractivity contribution in [2.75, 3.05) is 65.7 Å². The third kappa shape index (κ3) is 7.85. The monoisotopic (exact) mass is 397 g/mol. The molecule has 3 atom stereocenters. The third-order valence-electron chi connectivity index (χ3n) is 5.65. The zero-order valence-electron chi connectivity index (χ0n) is 18.7. The van der Waals surface area contributed by atoms with E-state index in [-0.39, 0.29) is 0 Å². The van der Waals surface area contributed by atoms with Gasteiger partial charge in [0, 0.05) is 50.8 Å². The summed E-state index contributed by atoms with van der Waals surface area (Å²) in [6.07, 6.45) is 1.19. The molecule has 7 heteroatoms. The predicted molar refractivity (Wildman–Crippen MR) is 116 cm³/mol. The van der Waals surface area contributed by atoms with Crippen LogP contribution in [0.5, 0.6) is 0 Å². The quantitative estimate of drug-likeness (QED) is 0.453. The van der Waals surface area contributed by atoms with Crippen molar-refractivity contribution in [1.29, 1.82) is 0 Å². The van der Waals surface area contributed by atoms with Crippen LogP contribution in [-0.4, -0.2) is 99.6 Å². The molecule has 2 heterocycles. The van der Waals surface area contributed by atoms with Crippen LogP contribution >= 0.6 is 0 Å². The van der Waals surface area contributed by atoms with Crippen LogP contribution in [0.1, 0.15) is 41.0 Å². The molecule has 0 amide bonds. The smallest absolute Gasteiger partial charge is 0.191 e. The van der Waals surface area contributed by atoms with E-state index in [0.29, 0.717) is 24.0 Å².